The highest BCUT2D eigenvalue weighted by molar-refractivity contribution is 7.88. The van der Waals surface area contributed by atoms with E-state index in [2.05, 4.69) is 0 Å². The largest absolute Gasteiger partial charge is 0.338 e. The topological polar surface area (TPSA) is 121 Å². The molecular weight excluding hydrogens is 400 g/mol. The summed E-state index contributed by atoms with van der Waals surface area (Å²) in [6, 6.07) is 3.60. The minimum atomic E-state index is -3.29. The highest BCUT2D eigenvalue weighted by atomic mass is 32.2. The third-order valence-corrected chi connectivity index (χ3v) is 6.76. The van der Waals surface area contributed by atoms with Crippen LogP contribution in [0.15, 0.2) is 18.2 Å². The Morgan fingerprint density at radius 1 is 1.14 bits per heavy atom. The third-order valence-electron chi connectivity index (χ3n) is 5.46. The SMILES string of the molecule is Cc1cc(C(=O)N2CCCC2C(=O)N2CCN(S(C)(=O)=O)CC2)ccc1[N+](=O)[O-]. The maximum Gasteiger partial charge on any atom is 0.272 e. The monoisotopic (exact) mass is 424 g/mol. The van der Waals surface area contributed by atoms with Crippen molar-refractivity contribution in [3.8, 4) is 0 Å². The number of rotatable bonds is 4. The standard InChI is InChI=1S/C18H24N4O6S/c1-13-12-14(5-6-15(13)22(25)26)17(23)21-7-3-4-16(21)18(24)19-8-10-20(11-9-19)29(2,27)28/h5-6,12,16H,3-4,7-11H2,1-2H3. The summed E-state index contributed by atoms with van der Waals surface area (Å²) in [5.41, 5.74) is 0.647. The molecule has 2 aliphatic rings. The Balaban J connectivity index is 1.71. The fraction of sp³-hybridized carbons (Fsp3) is 0.556. The zero-order chi connectivity index (χ0) is 21.3. The number of hydrogen-bond acceptors (Lipinski definition) is 6. The Morgan fingerprint density at radius 2 is 1.79 bits per heavy atom. The molecule has 0 radical (unpaired) electrons. The molecule has 0 aliphatic carbocycles. The summed E-state index contributed by atoms with van der Waals surface area (Å²) in [6.45, 7) is 3.08. The molecule has 29 heavy (non-hydrogen) atoms. The molecule has 2 fully saturated rings. The number of nitrogens with zero attached hydrogens (tertiary/aromatic N) is 4. The summed E-state index contributed by atoms with van der Waals surface area (Å²) >= 11 is 0. The van der Waals surface area contributed by atoms with Crippen molar-refractivity contribution in [2.45, 2.75) is 25.8 Å². The minimum Gasteiger partial charge on any atom is -0.338 e. The molecule has 0 bridgehead atoms. The smallest absolute Gasteiger partial charge is 0.272 e. The number of nitro benzene ring substituents is 1. The molecule has 2 heterocycles. The summed E-state index contributed by atoms with van der Waals surface area (Å²) in [6.07, 6.45) is 2.38. The first kappa shape index (κ1) is 21.2. The van der Waals surface area contributed by atoms with E-state index in [1.807, 2.05) is 0 Å². The van der Waals surface area contributed by atoms with Gasteiger partial charge in [0, 0.05) is 49.9 Å². The number of aryl methyl sites for hydroxylation is 1. The number of benzene rings is 1. The van der Waals surface area contributed by atoms with Crippen molar-refractivity contribution >= 4 is 27.5 Å². The number of hydrogen-bond donors (Lipinski definition) is 0. The fourth-order valence-electron chi connectivity index (χ4n) is 3.88. The lowest BCUT2D eigenvalue weighted by molar-refractivity contribution is -0.385. The second kappa shape index (κ2) is 8.07. The normalized spacial score (nSPS) is 20.7. The van der Waals surface area contributed by atoms with Gasteiger partial charge in [-0.1, -0.05) is 0 Å². The molecule has 3 rings (SSSR count). The highest BCUT2D eigenvalue weighted by Crippen LogP contribution is 2.25. The molecule has 1 aromatic carbocycles. The van der Waals surface area contributed by atoms with E-state index in [-0.39, 0.29) is 30.6 Å². The molecule has 10 nitrogen and oxygen atoms in total. The van der Waals surface area contributed by atoms with E-state index in [1.165, 1.54) is 27.4 Å². The number of sulfonamides is 1. The summed E-state index contributed by atoms with van der Waals surface area (Å²) in [5, 5.41) is 11.0. The molecule has 158 valence electrons. The molecule has 0 saturated carbocycles. The van der Waals surface area contributed by atoms with Crippen LogP contribution >= 0.6 is 0 Å². The van der Waals surface area contributed by atoms with Gasteiger partial charge in [0.05, 0.1) is 11.2 Å². The van der Waals surface area contributed by atoms with Gasteiger partial charge in [-0.2, -0.15) is 4.31 Å². The molecular formula is C18H24N4O6S. The van der Waals surface area contributed by atoms with Crippen LogP contribution in [0.5, 0.6) is 0 Å². The number of amides is 2. The van der Waals surface area contributed by atoms with Crippen molar-refractivity contribution in [2.75, 3.05) is 39.0 Å². The molecule has 1 atom stereocenters. The van der Waals surface area contributed by atoms with Crippen LogP contribution in [0, 0.1) is 17.0 Å². The van der Waals surface area contributed by atoms with E-state index in [4.69, 9.17) is 0 Å². The summed E-state index contributed by atoms with van der Waals surface area (Å²) in [4.78, 5) is 39.6. The average molecular weight is 424 g/mol. The predicted molar refractivity (Wildman–Crippen MR) is 105 cm³/mol. The van der Waals surface area contributed by atoms with Crippen molar-refractivity contribution in [3.63, 3.8) is 0 Å². The zero-order valence-corrected chi connectivity index (χ0v) is 17.2. The van der Waals surface area contributed by atoms with Gasteiger partial charge in [0.25, 0.3) is 11.6 Å². The Kier molecular flexibility index (Phi) is 5.90. The summed E-state index contributed by atoms with van der Waals surface area (Å²) < 4.78 is 24.6. The molecule has 1 aromatic rings. The number of carbonyl (C=O) groups is 2. The van der Waals surface area contributed by atoms with Crippen LogP contribution in [0.25, 0.3) is 0 Å². The van der Waals surface area contributed by atoms with E-state index in [0.29, 0.717) is 43.6 Å². The van der Waals surface area contributed by atoms with Crippen LogP contribution in [0.2, 0.25) is 0 Å². The Morgan fingerprint density at radius 3 is 2.34 bits per heavy atom. The average Bonchev–Trinajstić information content (AvgIpc) is 3.15. The molecule has 0 N–H and O–H groups in total. The molecule has 2 saturated heterocycles. The number of carbonyl (C=O) groups excluding carboxylic acids is 2. The Bertz CT molecular complexity index is 940. The van der Waals surface area contributed by atoms with Gasteiger partial charge in [0.2, 0.25) is 15.9 Å². The quantitative estimate of drug-likeness (QED) is 0.516. The van der Waals surface area contributed by atoms with Crippen molar-refractivity contribution in [3.05, 3.63) is 39.4 Å². The highest BCUT2D eigenvalue weighted by Gasteiger charge is 2.38. The van der Waals surface area contributed by atoms with Gasteiger partial charge in [-0.25, -0.2) is 8.42 Å². The molecule has 11 heteroatoms. The van der Waals surface area contributed by atoms with Crippen LogP contribution in [-0.4, -0.2) is 84.3 Å². The van der Waals surface area contributed by atoms with Crippen LogP contribution in [0.4, 0.5) is 5.69 Å². The minimum absolute atomic E-state index is 0.0562. The Hall–Kier alpha value is -2.53. The van der Waals surface area contributed by atoms with Gasteiger partial charge in [0.1, 0.15) is 6.04 Å². The number of likely N-dealkylation sites (tertiary alicyclic amines) is 1. The lowest BCUT2D eigenvalue weighted by Crippen LogP contribution is -2.55. The second-order valence-corrected chi connectivity index (χ2v) is 9.38. The summed E-state index contributed by atoms with van der Waals surface area (Å²) in [5.74, 6) is -0.503. The molecule has 0 aromatic heterocycles. The van der Waals surface area contributed by atoms with E-state index in [0.717, 1.165) is 6.26 Å². The van der Waals surface area contributed by atoms with Gasteiger partial charge in [-0.3, -0.25) is 19.7 Å². The first-order chi connectivity index (χ1) is 13.6. The third kappa shape index (κ3) is 4.40. The van der Waals surface area contributed by atoms with Gasteiger partial charge in [-0.15, -0.1) is 0 Å². The fourth-order valence-corrected chi connectivity index (χ4v) is 4.70. The van der Waals surface area contributed by atoms with Crippen molar-refractivity contribution < 1.29 is 22.9 Å². The van der Waals surface area contributed by atoms with Crippen LogP contribution < -0.4 is 0 Å². The second-order valence-electron chi connectivity index (χ2n) is 7.40. The van der Waals surface area contributed by atoms with Crippen LogP contribution in [0.3, 0.4) is 0 Å². The Labute approximate surface area is 169 Å². The number of nitro groups is 1. The molecule has 0 spiro atoms. The summed E-state index contributed by atoms with van der Waals surface area (Å²) in [7, 11) is -3.29. The first-order valence-electron chi connectivity index (χ1n) is 9.39. The van der Waals surface area contributed by atoms with E-state index in [9.17, 15) is 28.1 Å². The number of piperazine rings is 1. The van der Waals surface area contributed by atoms with Gasteiger partial charge < -0.3 is 9.80 Å². The molecule has 2 amide bonds. The predicted octanol–water partition coefficient (Wildman–Crippen LogP) is 0.612. The molecule has 1 unspecified atom stereocenters. The maximum atomic E-state index is 13.0. The van der Waals surface area contributed by atoms with E-state index >= 15 is 0 Å². The van der Waals surface area contributed by atoms with Gasteiger partial charge in [0.15, 0.2) is 0 Å². The van der Waals surface area contributed by atoms with Crippen molar-refractivity contribution in [1.82, 2.24) is 14.1 Å². The van der Waals surface area contributed by atoms with E-state index < -0.39 is 21.0 Å². The molecule has 2 aliphatic heterocycles. The first-order valence-corrected chi connectivity index (χ1v) is 11.2. The lowest BCUT2D eigenvalue weighted by Gasteiger charge is -2.36. The van der Waals surface area contributed by atoms with Gasteiger partial charge in [-0.05, 0) is 31.9 Å². The lowest BCUT2D eigenvalue weighted by atomic mass is 10.1. The van der Waals surface area contributed by atoms with Crippen LogP contribution in [0.1, 0.15) is 28.8 Å². The zero-order valence-electron chi connectivity index (χ0n) is 16.4. The van der Waals surface area contributed by atoms with Crippen LogP contribution in [-0.2, 0) is 14.8 Å². The van der Waals surface area contributed by atoms with Gasteiger partial charge >= 0.3 is 0 Å². The maximum absolute atomic E-state index is 13.0. The van der Waals surface area contributed by atoms with Crippen molar-refractivity contribution in [1.29, 1.82) is 0 Å². The van der Waals surface area contributed by atoms with E-state index in [1.54, 1.807) is 11.8 Å². The van der Waals surface area contributed by atoms with Crippen molar-refractivity contribution in [2.24, 2.45) is 0 Å².